The molecule has 4 nitrogen and oxygen atoms in total. The second-order valence-electron chi connectivity index (χ2n) is 4.65. The van der Waals surface area contributed by atoms with Crippen LogP contribution in [0.3, 0.4) is 0 Å². The van der Waals surface area contributed by atoms with Crippen molar-refractivity contribution in [2.45, 2.75) is 25.3 Å². The highest BCUT2D eigenvalue weighted by Crippen LogP contribution is 2.17. The van der Waals surface area contributed by atoms with Gasteiger partial charge in [0.1, 0.15) is 5.75 Å². The molecule has 2 rings (SSSR count). The smallest absolute Gasteiger partial charge is 0.223 e. The molecule has 0 spiro atoms. The highest BCUT2D eigenvalue weighted by Gasteiger charge is 2.14. The number of carbonyl (C=O) groups is 1. The lowest BCUT2D eigenvalue weighted by atomic mass is 10.1. The summed E-state index contributed by atoms with van der Waals surface area (Å²) in [5.41, 5.74) is 0. The average molecular weight is 327 g/mol. The molecule has 0 atom stereocenters. The quantitative estimate of drug-likeness (QED) is 0.871. The van der Waals surface area contributed by atoms with E-state index in [1.54, 1.807) is 0 Å². The van der Waals surface area contributed by atoms with Crippen LogP contribution < -0.4 is 15.4 Å². The second-order valence-corrected chi connectivity index (χ2v) is 5.56. The van der Waals surface area contributed by atoms with Gasteiger partial charge in [-0.05, 0) is 44.1 Å². The van der Waals surface area contributed by atoms with Gasteiger partial charge in [-0.2, -0.15) is 0 Å². The first-order chi connectivity index (χ1) is 9.24. The van der Waals surface area contributed by atoms with E-state index in [-0.39, 0.29) is 5.91 Å². The number of amides is 1. The highest BCUT2D eigenvalue weighted by atomic mass is 79.9. The predicted octanol–water partition coefficient (Wildman–Crippen LogP) is 2.09. The van der Waals surface area contributed by atoms with E-state index in [9.17, 15) is 4.79 Å². The average Bonchev–Trinajstić information content (AvgIpc) is 2.40. The minimum atomic E-state index is 0.0712. The molecule has 1 aliphatic rings. The summed E-state index contributed by atoms with van der Waals surface area (Å²) < 4.78 is 6.52. The fourth-order valence-electron chi connectivity index (χ4n) is 2.08. The number of carbonyl (C=O) groups excluding carboxylic acids is 1. The fourth-order valence-corrected chi connectivity index (χ4v) is 2.46. The lowest BCUT2D eigenvalue weighted by Crippen LogP contribution is -2.43. The zero-order valence-electron chi connectivity index (χ0n) is 10.8. The molecule has 19 heavy (non-hydrogen) atoms. The summed E-state index contributed by atoms with van der Waals surface area (Å²) in [5, 5.41) is 6.33. The predicted molar refractivity (Wildman–Crippen MR) is 78.3 cm³/mol. The van der Waals surface area contributed by atoms with Gasteiger partial charge in [-0.25, -0.2) is 0 Å². The normalized spacial score (nSPS) is 16.1. The van der Waals surface area contributed by atoms with E-state index >= 15 is 0 Å². The molecule has 0 saturated carbocycles. The van der Waals surface area contributed by atoms with Crippen molar-refractivity contribution in [2.75, 3.05) is 19.7 Å². The Bertz CT molecular complexity index is 420. The number of ether oxygens (including phenoxy) is 1. The Hall–Kier alpha value is -1.07. The van der Waals surface area contributed by atoms with Crippen LogP contribution in [0.25, 0.3) is 0 Å². The van der Waals surface area contributed by atoms with Crippen LogP contribution in [0, 0.1) is 0 Å². The molecule has 1 fully saturated rings. The Kier molecular flexibility index (Phi) is 5.66. The van der Waals surface area contributed by atoms with Crippen molar-refractivity contribution >= 4 is 21.8 Å². The third-order valence-electron chi connectivity index (χ3n) is 3.10. The van der Waals surface area contributed by atoms with E-state index in [0.717, 1.165) is 36.2 Å². The van der Waals surface area contributed by atoms with Crippen molar-refractivity contribution < 1.29 is 9.53 Å². The van der Waals surface area contributed by atoms with Gasteiger partial charge >= 0.3 is 0 Å². The Morgan fingerprint density at radius 3 is 2.95 bits per heavy atom. The summed E-state index contributed by atoms with van der Waals surface area (Å²) in [6, 6.07) is 7.95. The molecule has 1 saturated heterocycles. The standard InChI is InChI=1S/C14H19BrN2O2/c15-11-2-1-3-13(10-11)19-9-6-14(18)17-12-4-7-16-8-5-12/h1-3,10,12,16H,4-9H2,(H,17,18). The molecule has 0 aliphatic carbocycles. The van der Waals surface area contributed by atoms with E-state index in [4.69, 9.17) is 4.74 Å². The topological polar surface area (TPSA) is 50.4 Å². The van der Waals surface area contributed by atoms with Crippen LogP contribution in [0.5, 0.6) is 5.75 Å². The number of benzene rings is 1. The van der Waals surface area contributed by atoms with E-state index in [1.807, 2.05) is 24.3 Å². The van der Waals surface area contributed by atoms with E-state index in [0.29, 0.717) is 19.1 Å². The van der Waals surface area contributed by atoms with Crippen LogP contribution in [0.4, 0.5) is 0 Å². The molecule has 0 radical (unpaired) electrons. The first kappa shape index (κ1) is 14.3. The van der Waals surface area contributed by atoms with Gasteiger partial charge in [0.15, 0.2) is 0 Å². The molecule has 0 unspecified atom stereocenters. The summed E-state index contributed by atoms with van der Waals surface area (Å²) in [6.07, 6.45) is 2.42. The van der Waals surface area contributed by atoms with Crippen molar-refractivity contribution in [1.82, 2.24) is 10.6 Å². The largest absolute Gasteiger partial charge is 0.493 e. The third kappa shape index (κ3) is 5.20. The summed E-state index contributed by atoms with van der Waals surface area (Å²) in [7, 11) is 0. The van der Waals surface area contributed by atoms with Crippen LogP contribution in [-0.4, -0.2) is 31.6 Å². The van der Waals surface area contributed by atoms with Crippen molar-refractivity contribution in [3.8, 4) is 5.75 Å². The Labute approximate surface area is 122 Å². The van der Waals surface area contributed by atoms with Crippen LogP contribution in [0.2, 0.25) is 0 Å². The molecule has 0 bridgehead atoms. The number of hydrogen-bond acceptors (Lipinski definition) is 3. The maximum absolute atomic E-state index is 11.7. The number of rotatable bonds is 5. The monoisotopic (exact) mass is 326 g/mol. The lowest BCUT2D eigenvalue weighted by Gasteiger charge is -2.23. The fraction of sp³-hybridized carbons (Fsp3) is 0.500. The minimum absolute atomic E-state index is 0.0712. The molecule has 1 aromatic rings. The van der Waals surface area contributed by atoms with Gasteiger partial charge in [0.2, 0.25) is 5.91 Å². The Morgan fingerprint density at radius 2 is 2.21 bits per heavy atom. The molecule has 2 N–H and O–H groups in total. The molecule has 1 aromatic carbocycles. The van der Waals surface area contributed by atoms with Crippen LogP contribution in [0.1, 0.15) is 19.3 Å². The van der Waals surface area contributed by atoms with Crippen LogP contribution >= 0.6 is 15.9 Å². The summed E-state index contributed by atoms with van der Waals surface area (Å²) >= 11 is 3.38. The van der Waals surface area contributed by atoms with Crippen LogP contribution in [0.15, 0.2) is 28.7 Å². The van der Waals surface area contributed by atoms with Gasteiger partial charge in [0.25, 0.3) is 0 Å². The minimum Gasteiger partial charge on any atom is -0.493 e. The molecule has 5 heteroatoms. The highest BCUT2D eigenvalue weighted by molar-refractivity contribution is 9.10. The first-order valence-electron chi connectivity index (χ1n) is 6.62. The van der Waals surface area contributed by atoms with Gasteiger partial charge < -0.3 is 15.4 Å². The van der Waals surface area contributed by atoms with Crippen molar-refractivity contribution in [3.63, 3.8) is 0 Å². The molecule has 104 valence electrons. The van der Waals surface area contributed by atoms with Crippen LogP contribution in [-0.2, 0) is 4.79 Å². The van der Waals surface area contributed by atoms with Gasteiger partial charge in [-0.3, -0.25) is 4.79 Å². The Morgan fingerprint density at radius 1 is 1.42 bits per heavy atom. The molecule has 1 amide bonds. The molecule has 1 heterocycles. The van der Waals surface area contributed by atoms with Gasteiger partial charge in [-0.15, -0.1) is 0 Å². The zero-order valence-corrected chi connectivity index (χ0v) is 12.4. The first-order valence-corrected chi connectivity index (χ1v) is 7.42. The van der Waals surface area contributed by atoms with E-state index < -0.39 is 0 Å². The van der Waals surface area contributed by atoms with Crippen molar-refractivity contribution in [1.29, 1.82) is 0 Å². The molecular weight excluding hydrogens is 308 g/mol. The summed E-state index contributed by atoms with van der Waals surface area (Å²) in [5.74, 6) is 0.853. The zero-order chi connectivity index (χ0) is 13.5. The van der Waals surface area contributed by atoms with E-state index in [1.165, 1.54) is 0 Å². The van der Waals surface area contributed by atoms with Gasteiger partial charge in [0, 0.05) is 10.5 Å². The van der Waals surface area contributed by atoms with E-state index in [2.05, 4.69) is 26.6 Å². The third-order valence-corrected chi connectivity index (χ3v) is 3.59. The maximum Gasteiger partial charge on any atom is 0.223 e. The van der Waals surface area contributed by atoms with Crippen molar-refractivity contribution in [3.05, 3.63) is 28.7 Å². The van der Waals surface area contributed by atoms with Crippen molar-refractivity contribution in [2.24, 2.45) is 0 Å². The second kappa shape index (κ2) is 7.50. The maximum atomic E-state index is 11.7. The lowest BCUT2D eigenvalue weighted by molar-refractivity contribution is -0.122. The van der Waals surface area contributed by atoms with Gasteiger partial charge in [-0.1, -0.05) is 22.0 Å². The molecule has 1 aliphatic heterocycles. The number of hydrogen-bond donors (Lipinski definition) is 2. The number of nitrogens with one attached hydrogen (secondary N) is 2. The number of piperidine rings is 1. The Balaban J connectivity index is 1.66. The number of halogens is 1. The molecular formula is C14H19BrN2O2. The molecule has 0 aromatic heterocycles. The summed E-state index contributed by atoms with van der Waals surface area (Å²) in [4.78, 5) is 11.7. The van der Waals surface area contributed by atoms with Gasteiger partial charge in [0.05, 0.1) is 13.0 Å². The summed E-state index contributed by atoms with van der Waals surface area (Å²) in [6.45, 7) is 2.38. The SMILES string of the molecule is O=C(CCOc1cccc(Br)c1)NC1CCNCC1.